The van der Waals surface area contributed by atoms with Gasteiger partial charge in [-0.15, -0.1) is 0 Å². The number of nitrogens with zero attached hydrogens (tertiary/aromatic N) is 3. The van der Waals surface area contributed by atoms with Crippen molar-refractivity contribution in [1.29, 1.82) is 0 Å². The van der Waals surface area contributed by atoms with E-state index < -0.39 is 5.60 Å². The highest BCUT2D eigenvalue weighted by atomic mass is 16.6. The van der Waals surface area contributed by atoms with E-state index in [2.05, 4.69) is 15.3 Å². The van der Waals surface area contributed by atoms with Crippen LogP contribution in [-0.4, -0.2) is 52.8 Å². The van der Waals surface area contributed by atoms with Crippen molar-refractivity contribution in [3.8, 4) is 5.88 Å². The average molecular weight is 336 g/mol. The number of nitrogens with one attached hydrogen (secondary N) is 1. The SMILES string of the molecule is CCOc1cc(NC[C@@H]2CCCN(C(=O)OC(C)(C)C)C2)ncn1. The summed E-state index contributed by atoms with van der Waals surface area (Å²) in [6.45, 7) is 10.4. The van der Waals surface area contributed by atoms with Gasteiger partial charge in [0.25, 0.3) is 0 Å². The molecular formula is C17H28N4O3. The van der Waals surface area contributed by atoms with Gasteiger partial charge in [-0.05, 0) is 46.5 Å². The number of anilines is 1. The van der Waals surface area contributed by atoms with E-state index in [1.807, 2.05) is 27.7 Å². The van der Waals surface area contributed by atoms with Crippen molar-refractivity contribution in [2.24, 2.45) is 5.92 Å². The first-order valence-corrected chi connectivity index (χ1v) is 8.54. The second kappa shape index (κ2) is 8.17. The van der Waals surface area contributed by atoms with Crippen LogP contribution in [0.3, 0.4) is 0 Å². The fourth-order valence-corrected chi connectivity index (χ4v) is 2.64. The maximum Gasteiger partial charge on any atom is 0.410 e. The van der Waals surface area contributed by atoms with Gasteiger partial charge in [-0.2, -0.15) is 0 Å². The van der Waals surface area contributed by atoms with Gasteiger partial charge in [-0.3, -0.25) is 0 Å². The van der Waals surface area contributed by atoms with E-state index in [1.165, 1.54) is 6.33 Å². The summed E-state index contributed by atoms with van der Waals surface area (Å²) in [4.78, 5) is 22.2. The lowest BCUT2D eigenvalue weighted by atomic mass is 9.98. The van der Waals surface area contributed by atoms with Crippen LogP contribution < -0.4 is 10.1 Å². The summed E-state index contributed by atoms with van der Waals surface area (Å²) in [6.07, 6.45) is 3.32. The van der Waals surface area contributed by atoms with Gasteiger partial charge in [-0.1, -0.05) is 0 Å². The molecule has 0 spiro atoms. The molecule has 134 valence electrons. The highest BCUT2D eigenvalue weighted by molar-refractivity contribution is 5.68. The number of hydrogen-bond acceptors (Lipinski definition) is 6. The van der Waals surface area contributed by atoms with Crippen LogP contribution >= 0.6 is 0 Å². The van der Waals surface area contributed by atoms with Crippen molar-refractivity contribution in [3.63, 3.8) is 0 Å². The highest BCUT2D eigenvalue weighted by Crippen LogP contribution is 2.20. The maximum absolute atomic E-state index is 12.2. The molecule has 2 heterocycles. The lowest BCUT2D eigenvalue weighted by Crippen LogP contribution is -2.44. The third kappa shape index (κ3) is 5.86. The molecule has 7 heteroatoms. The van der Waals surface area contributed by atoms with E-state index in [-0.39, 0.29) is 6.09 Å². The largest absolute Gasteiger partial charge is 0.478 e. The van der Waals surface area contributed by atoms with Gasteiger partial charge < -0.3 is 19.7 Å². The number of rotatable bonds is 5. The Kier molecular flexibility index (Phi) is 6.23. The molecule has 0 saturated carbocycles. The number of piperidine rings is 1. The Labute approximate surface area is 143 Å². The molecule has 0 radical (unpaired) electrons. The fourth-order valence-electron chi connectivity index (χ4n) is 2.64. The molecule has 1 aromatic rings. The zero-order valence-electron chi connectivity index (χ0n) is 15.0. The molecule has 1 atom stereocenters. The molecule has 1 fully saturated rings. The van der Waals surface area contributed by atoms with Gasteiger partial charge in [-0.25, -0.2) is 14.8 Å². The number of hydrogen-bond donors (Lipinski definition) is 1. The summed E-state index contributed by atoms with van der Waals surface area (Å²) < 4.78 is 10.8. The molecule has 2 rings (SSSR count). The molecule has 1 N–H and O–H groups in total. The number of amides is 1. The summed E-state index contributed by atoms with van der Waals surface area (Å²) in [5, 5.41) is 3.31. The normalized spacial score (nSPS) is 18.2. The fraction of sp³-hybridized carbons (Fsp3) is 0.706. The van der Waals surface area contributed by atoms with Crippen LogP contribution in [0.5, 0.6) is 5.88 Å². The lowest BCUT2D eigenvalue weighted by Gasteiger charge is -2.34. The first-order chi connectivity index (χ1) is 11.4. The number of carbonyl (C=O) groups is 1. The molecule has 7 nitrogen and oxygen atoms in total. The monoisotopic (exact) mass is 336 g/mol. The van der Waals surface area contributed by atoms with E-state index in [0.717, 1.165) is 31.7 Å². The quantitative estimate of drug-likeness (QED) is 0.891. The lowest BCUT2D eigenvalue weighted by molar-refractivity contribution is 0.0172. The standard InChI is InChI=1S/C17H28N4O3/c1-5-23-15-9-14(19-12-20-15)18-10-13-7-6-8-21(11-13)16(22)24-17(2,3)4/h9,12-13H,5-8,10-11H2,1-4H3,(H,18,19,20)/t13-/m0/s1. The van der Waals surface area contributed by atoms with Gasteiger partial charge >= 0.3 is 6.09 Å². The van der Waals surface area contributed by atoms with Crippen molar-refractivity contribution < 1.29 is 14.3 Å². The molecule has 24 heavy (non-hydrogen) atoms. The second-order valence-electron chi connectivity index (χ2n) is 6.99. The first-order valence-electron chi connectivity index (χ1n) is 8.54. The van der Waals surface area contributed by atoms with E-state index in [0.29, 0.717) is 24.9 Å². The molecule has 0 aliphatic carbocycles. The zero-order valence-corrected chi connectivity index (χ0v) is 15.0. The highest BCUT2D eigenvalue weighted by Gasteiger charge is 2.27. The third-order valence-corrected chi connectivity index (χ3v) is 3.68. The van der Waals surface area contributed by atoms with Crippen molar-refractivity contribution in [2.45, 2.75) is 46.1 Å². The Hall–Kier alpha value is -2.05. The van der Waals surface area contributed by atoms with Crippen LogP contribution in [0.25, 0.3) is 0 Å². The van der Waals surface area contributed by atoms with Gasteiger partial charge in [0.15, 0.2) is 0 Å². The van der Waals surface area contributed by atoms with Crippen molar-refractivity contribution in [3.05, 3.63) is 12.4 Å². The minimum absolute atomic E-state index is 0.229. The number of aromatic nitrogens is 2. The molecule has 0 aromatic carbocycles. The number of ether oxygens (including phenoxy) is 2. The van der Waals surface area contributed by atoms with Crippen LogP contribution in [-0.2, 0) is 4.74 Å². The molecule has 1 aliphatic rings. The molecule has 1 aromatic heterocycles. The minimum atomic E-state index is -0.459. The molecule has 1 amide bonds. The predicted octanol–water partition coefficient (Wildman–Crippen LogP) is 2.93. The Balaban J connectivity index is 1.84. The third-order valence-electron chi connectivity index (χ3n) is 3.68. The topological polar surface area (TPSA) is 76.6 Å². The van der Waals surface area contributed by atoms with Gasteiger partial charge in [0, 0.05) is 25.7 Å². The summed E-state index contributed by atoms with van der Waals surface area (Å²) in [5.41, 5.74) is -0.459. The maximum atomic E-state index is 12.2. The van der Waals surface area contributed by atoms with Crippen LogP contribution in [0.15, 0.2) is 12.4 Å². The molecule has 0 unspecified atom stereocenters. The Morgan fingerprint density at radius 2 is 2.21 bits per heavy atom. The molecule has 1 aliphatic heterocycles. The minimum Gasteiger partial charge on any atom is -0.478 e. The Bertz CT molecular complexity index is 545. The van der Waals surface area contributed by atoms with Crippen LogP contribution in [0.4, 0.5) is 10.6 Å². The summed E-state index contributed by atoms with van der Waals surface area (Å²) >= 11 is 0. The number of likely N-dealkylation sites (tertiary alicyclic amines) is 1. The summed E-state index contributed by atoms with van der Waals surface area (Å²) in [7, 11) is 0. The van der Waals surface area contributed by atoms with E-state index in [9.17, 15) is 4.79 Å². The summed E-state index contributed by atoms with van der Waals surface area (Å²) in [6, 6.07) is 1.79. The van der Waals surface area contributed by atoms with E-state index in [1.54, 1.807) is 11.0 Å². The van der Waals surface area contributed by atoms with Crippen molar-refractivity contribution in [2.75, 3.05) is 31.6 Å². The number of carbonyl (C=O) groups excluding carboxylic acids is 1. The van der Waals surface area contributed by atoms with Crippen LogP contribution in [0.2, 0.25) is 0 Å². The first kappa shape index (κ1) is 18.3. The molecule has 1 saturated heterocycles. The molecule has 0 bridgehead atoms. The second-order valence-corrected chi connectivity index (χ2v) is 6.99. The van der Waals surface area contributed by atoms with E-state index in [4.69, 9.17) is 9.47 Å². The average Bonchev–Trinajstić information content (AvgIpc) is 2.52. The smallest absolute Gasteiger partial charge is 0.410 e. The van der Waals surface area contributed by atoms with Gasteiger partial charge in [0.05, 0.1) is 6.61 Å². The van der Waals surface area contributed by atoms with Crippen molar-refractivity contribution >= 4 is 11.9 Å². The van der Waals surface area contributed by atoms with Gasteiger partial charge in [0.1, 0.15) is 17.7 Å². The summed E-state index contributed by atoms with van der Waals surface area (Å²) in [5.74, 6) is 1.67. The van der Waals surface area contributed by atoms with Gasteiger partial charge in [0.2, 0.25) is 5.88 Å². The zero-order chi connectivity index (χ0) is 17.6. The van der Waals surface area contributed by atoms with Crippen molar-refractivity contribution in [1.82, 2.24) is 14.9 Å². The molecular weight excluding hydrogens is 308 g/mol. The van der Waals surface area contributed by atoms with Crippen LogP contribution in [0.1, 0.15) is 40.5 Å². The van der Waals surface area contributed by atoms with Crippen LogP contribution in [0, 0.1) is 5.92 Å². The Morgan fingerprint density at radius 3 is 2.92 bits per heavy atom. The Morgan fingerprint density at radius 1 is 1.42 bits per heavy atom. The van der Waals surface area contributed by atoms with E-state index >= 15 is 0 Å². The predicted molar refractivity (Wildman–Crippen MR) is 92.2 cm³/mol.